The van der Waals surface area contributed by atoms with Gasteiger partial charge in [-0.3, -0.25) is 14.9 Å². The first kappa shape index (κ1) is 16.9. The molecule has 9 heteroatoms. The highest BCUT2D eigenvalue weighted by Crippen LogP contribution is 2.29. The first-order chi connectivity index (χ1) is 11.8. The van der Waals surface area contributed by atoms with E-state index in [1.54, 1.807) is 6.07 Å². The third-order valence-corrected chi connectivity index (χ3v) is 5.09. The van der Waals surface area contributed by atoms with Crippen LogP contribution in [0.4, 0.5) is 11.4 Å². The van der Waals surface area contributed by atoms with Gasteiger partial charge in [-0.1, -0.05) is 6.07 Å². The van der Waals surface area contributed by atoms with Gasteiger partial charge in [0.05, 0.1) is 4.92 Å². The van der Waals surface area contributed by atoms with Gasteiger partial charge in [-0.2, -0.15) is 8.42 Å². The first-order valence-corrected chi connectivity index (χ1v) is 8.79. The third-order valence-electron chi connectivity index (χ3n) is 3.84. The van der Waals surface area contributed by atoms with E-state index in [1.807, 2.05) is 0 Å². The summed E-state index contributed by atoms with van der Waals surface area (Å²) in [6.45, 7) is 1.52. The number of hydrogen-bond acceptors (Lipinski definition) is 6. The maximum absolute atomic E-state index is 12.4. The minimum Gasteiger partial charge on any atom is -0.379 e. The molecule has 0 atom stereocenters. The molecule has 0 spiro atoms. The summed E-state index contributed by atoms with van der Waals surface area (Å²) in [6, 6.07) is 8.12. The molecule has 2 aromatic carbocycles. The van der Waals surface area contributed by atoms with E-state index in [0.717, 1.165) is 11.6 Å². The van der Waals surface area contributed by atoms with Gasteiger partial charge in [0.1, 0.15) is 10.6 Å². The summed E-state index contributed by atoms with van der Waals surface area (Å²) >= 11 is 0. The summed E-state index contributed by atoms with van der Waals surface area (Å²) in [6.07, 6.45) is 0.793. The van der Waals surface area contributed by atoms with Crippen molar-refractivity contribution in [3.8, 4) is 5.75 Å². The minimum absolute atomic E-state index is 0.0816. The summed E-state index contributed by atoms with van der Waals surface area (Å²) in [4.78, 5) is 21.4. The van der Waals surface area contributed by atoms with E-state index in [2.05, 4.69) is 5.32 Å². The Bertz CT molecular complexity index is 984. The largest absolute Gasteiger partial charge is 0.379 e. The summed E-state index contributed by atoms with van der Waals surface area (Å²) < 4.78 is 29.9. The molecule has 1 heterocycles. The number of fused-ring (bicyclic) bond motifs is 1. The number of nitro benzene ring substituents is 1. The molecule has 0 fully saturated rings. The van der Waals surface area contributed by atoms with Crippen molar-refractivity contribution < 1.29 is 22.3 Å². The maximum Gasteiger partial charge on any atom is 0.339 e. The number of nitro groups is 1. The van der Waals surface area contributed by atoms with Crippen molar-refractivity contribution in [3.05, 3.63) is 57.6 Å². The lowest BCUT2D eigenvalue weighted by atomic mass is 10.0. The van der Waals surface area contributed by atoms with E-state index in [1.165, 1.54) is 31.2 Å². The highest BCUT2D eigenvalue weighted by molar-refractivity contribution is 7.87. The highest BCUT2D eigenvalue weighted by Gasteiger charge is 2.23. The standard InChI is InChI=1S/C16H14N2O6S/c1-10-2-5-13(9-15(10)18(20)21)25(22,23)24-12-4-6-14-11(8-12)3-7-16(19)17-14/h2,4-6,8-9H,3,7H2,1H3,(H,17,19). The Morgan fingerprint density at radius 3 is 2.64 bits per heavy atom. The molecule has 0 unspecified atom stereocenters. The Hall–Kier alpha value is -2.94. The average Bonchev–Trinajstić information content (AvgIpc) is 2.54. The van der Waals surface area contributed by atoms with Crippen molar-refractivity contribution in [3.63, 3.8) is 0 Å². The van der Waals surface area contributed by atoms with Crippen molar-refractivity contribution in [2.24, 2.45) is 0 Å². The quantitative estimate of drug-likeness (QED) is 0.508. The van der Waals surface area contributed by atoms with Crippen LogP contribution in [0.3, 0.4) is 0 Å². The molecule has 1 amide bonds. The fraction of sp³-hybridized carbons (Fsp3) is 0.188. The van der Waals surface area contributed by atoms with Crippen LogP contribution in [0.15, 0.2) is 41.3 Å². The number of carbonyl (C=O) groups excluding carboxylic acids is 1. The fourth-order valence-electron chi connectivity index (χ4n) is 2.53. The van der Waals surface area contributed by atoms with Crippen LogP contribution in [0.5, 0.6) is 5.75 Å². The number of anilines is 1. The summed E-state index contributed by atoms with van der Waals surface area (Å²) in [5.74, 6) is -0.0149. The molecule has 130 valence electrons. The van der Waals surface area contributed by atoms with Crippen LogP contribution in [-0.2, 0) is 21.3 Å². The van der Waals surface area contributed by atoms with E-state index < -0.39 is 15.0 Å². The van der Waals surface area contributed by atoms with Gasteiger partial charge < -0.3 is 9.50 Å². The SMILES string of the molecule is Cc1ccc(S(=O)(=O)Oc2ccc3c(c2)CCC(=O)N3)cc1[N+](=O)[O-]. The maximum atomic E-state index is 12.4. The molecule has 1 N–H and O–H groups in total. The Kier molecular flexibility index (Phi) is 4.17. The number of hydrogen-bond donors (Lipinski definition) is 1. The van der Waals surface area contributed by atoms with Gasteiger partial charge in [0, 0.05) is 23.7 Å². The van der Waals surface area contributed by atoms with Crippen molar-refractivity contribution in [1.29, 1.82) is 0 Å². The van der Waals surface area contributed by atoms with E-state index in [4.69, 9.17) is 4.18 Å². The van der Waals surface area contributed by atoms with Gasteiger partial charge >= 0.3 is 10.1 Å². The van der Waals surface area contributed by atoms with Crippen LogP contribution in [0.1, 0.15) is 17.5 Å². The van der Waals surface area contributed by atoms with Crippen molar-refractivity contribution in [1.82, 2.24) is 0 Å². The molecule has 0 bridgehead atoms. The Labute approximate surface area is 143 Å². The van der Waals surface area contributed by atoms with Crippen molar-refractivity contribution in [2.45, 2.75) is 24.7 Å². The number of aryl methyl sites for hydroxylation is 2. The van der Waals surface area contributed by atoms with Crippen molar-refractivity contribution in [2.75, 3.05) is 5.32 Å². The molecule has 0 aromatic heterocycles. The Balaban J connectivity index is 1.91. The van der Waals surface area contributed by atoms with Crippen molar-refractivity contribution >= 4 is 27.4 Å². The van der Waals surface area contributed by atoms with Crippen LogP contribution in [-0.4, -0.2) is 19.2 Å². The zero-order valence-corrected chi connectivity index (χ0v) is 14.0. The first-order valence-electron chi connectivity index (χ1n) is 7.38. The number of amides is 1. The summed E-state index contributed by atoms with van der Waals surface area (Å²) in [5.41, 5.74) is 1.44. The molecule has 0 aliphatic carbocycles. The van der Waals surface area contributed by atoms with Crippen LogP contribution < -0.4 is 9.50 Å². The average molecular weight is 362 g/mol. The zero-order chi connectivity index (χ0) is 18.2. The van der Waals surface area contributed by atoms with Crippen LogP contribution in [0, 0.1) is 17.0 Å². The third kappa shape index (κ3) is 3.45. The van der Waals surface area contributed by atoms with Gasteiger partial charge in [0.15, 0.2) is 0 Å². The van der Waals surface area contributed by atoms with E-state index >= 15 is 0 Å². The zero-order valence-electron chi connectivity index (χ0n) is 13.2. The second kappa shape index (κ2) is 6.17. The topological polar surface area (TPSA) is 116 Å². The lowest BCUT2D eigenvalue weighted by Crippen LogP contribution is -2.19. The molecule has 3 rings (SSSR count). The molecule has 0 radical (unpaired) electrons. The van der Waals surface area contributed by atoms with Gasteiger partial charge in [-0.05, 0) is 43.2 Å². The monoisotopic (exact) mass is 362 g/mol. The second-order valence-corrected chi connectivity index (χ2v) is 7.16. The van der Waals surface area contributed by atoms with Crippen LogP contribution in [0.25, 0.3) is 0 Å². The number of benzene rings is 2. The summed E-state index contributed by atoms with van der Waals surface area (Å²) in [7, 11) is -4.22. The Morgan fingerprint density at radius 1 is 1.16 bits per heavy atom. The van der Waals surface area contributed by atoms with Gasteiger partial charge in [0.25, 0.3) is 5.69 Å². The number of nitrogens with zero attached hydrogens (tertiary/aromatic N) is 1. The summed E-state index contributed by atoms with van der Waals surface area (Å²) in [5, 5.41) is 13.7. The molecule has 1 aliphatic rings. The second-order valence-electron chi connectivity index (χ2n) is 5.61. The highest BCUT2D eigenvalue weighted by atomic mass is 32.2. The predicted octanol–water partition coefficient (Wildman–Crippen LogP) is 2.56. The van der Waals surface area contributed by atoms with Gasteiger partial charge in [-0.25, -0.2) is 0 Å². The number of rotatable bonds is 4. The molecule has 25 heavy (non-hydrogen) atoms. The van der Waals surface area contributed by atoms with E-state index in [0.29, 0.717) is 24.1 Å². The molecule has 8 nitrogen and oxygen atoms in total. The fourth-order valence-corrected chi connectivity index (χ4v) is 3.47. The number of carbonyl (C=O) groups is 1. The lowest BCUT2D eigenvalue weighted by molar-refractivity contribution is -0.385. The molecule has 2 aromatic rings. The Morgan fingerprint density at radius 2 is 1.92 bits per heavy atom. The van der Waals surface area contributed by atoms with E-state index in [9.17, 15) is 23.3 Å². The number of nitrogens with one attached hydrogen (secondary N) is 1. The van der Waals surface area contributed by atoms with Gasteiger partial charge in [0.2, 0.25) is 5.91 Å². The van der Waals surface area contributed by atoms with Crippen LogP contribution in [0.2, 0.25) is 0 Å². The molecule has 0 saturated heterocycles. The predicted molar refractivity (Wildman–Crippen MR) is 89.0 cm³/mol. The van der Waals surface area contributed by atoms with E-state index in [-0.39, 0.29) is 22.2 Å². The van der Waals surface area contributed by atoms with Crippen LogP contribution >= 0.6 is 0 Å². The molecular weight excluding hydrogens is 348 g/mol. The smallest absolute Gasteiger partial charge is 0.339 e. The lowest BCUT2D eigenvalue weighted by Gasteiger charge is -2.17. The van der Waals surface area contributed by atoms with Gasteiger partial charge in [-0.15, -0.1) is 0 Å². The molecule has 1 aliphatic heterocycles. The minimum atomic E-state index is -4.22. The normalized spacial score (nSPS) is 13.7. The molecular formula is C16H14N2O6S. The molecule has 0 saturated carbocycles.